The van der Waals surface area contributed by atoms with Crippen molar-refractivity contribution in [1.29, 1.82) is 0 Å². The third-order valence-electron chi connectivity index (χ3n) is 5.00. The lowest BCUT2D eigenvalue weighted by Crippen LogP contribution is -2.39. The third-order valence-corrected chi connectivity index (χ3v) is 6.39. The molecule has 3 aromatic rings. The van der Waals surface area contributed by atoms with E-state index < -0.39 is 26.4 Å². The summed E-state index contributed by atoms with van der Waals surface area (Å²) in [5.74, 6) is 0.107. The van der Waals surface area contributed by atoms with Gasteiger partial charge in [0.1, 0.15) is 11.8 Å². The van der Waals surface area contributed by atoms with E-state index in [1.54, 1.807) is 29.5 Å². The highest BCUT2D eigenvalue weighted by atomic mass is 32.1. The number of benzene rings is 2. The van der Waals surface area contributed by atoms with Crippen molar-refractivity contribution in [1.82, 2.24) is 0 Å². The van der Waals surface area contributed by atoms with Gasteiger partial charge in [0.15, 0.2) is 0 Å². The minimum Gasteiger partial charge on any atom is -0.493 e. The molecular weight excluding hydrogens is 475 g/mol. The Balaban J connectivity index is 1.55. The SMILES string of the molecule is N[C@@H](COP(=O)(O)O)C(=O)Nc1ccc(OCCCCCc2ccccc2)c(-c2cccs2)c1. The van der Waals surface area contributed by atoms with Crippen molar-refractivity contribution in [2.24, 2.45) is 5.73 Å². The van der Waals surface area contributed by atoms with Gasteiger partial charge in [0.05, 0.1) is 13.2 Å². The number of carbonyl (C=O) groups excluding carboxylic acids is 1. The van der Waals surface area contributed by atoms with Gasteiger partial charge in [-0.05, 0) is 60.9 Å². The second-order valence-corrected chi connectivity index (χ2v) is 9.90. The average Bonchev–Trinajstić information content (AvgIpc) is 3.35. The summed E-state index contributed by atoms with van der Waals surface area (Å²) in [6.07, 6.45) is 4.15. The Morgan fingerprint density at radius 3 is 2.56 bits per heavy atom. The highest BCUT2D eigenvalue weighted by molar-refractivity contribution is 7.46. The van der Waals surface area contributed by atoms with Crippen molar-refractivity contribution in [3.63, 3.8) is 0 Å². The quantitative estimate of drug-likeness (QED) is 0.198. The second kappa shape index (κ2) is 12.8. The third kappa shape index (κ3) is 8.68. The van der Waals surface area contributed by atoms with Crippen molar-refractivity contribution in [3.8, 4) is 16.2 Å². The van der Waals surface area contributed by atoms with Gasteiger partial charge in [0.2, 0.25) is 5.91 Å². The number of phosphoric acid groups is 1. The Morgan fingerprint density at radius 2 is 1.85 bits per heavy atom. The van der Waals surface area contributed by atoms with Crippen molar-refractivity contribution in [2.75, 3.05) is 18.5 Å². The zero-order chi connectivity index (χ0) is 24.4. The monoisotopic (exact) mass is 504 g/mol. The van der Waals surface area contributed by atoms with Crippen LogP contribution >= 0.6 is 19.2 Å². The number of aryl methyl sites for hydroxylation is 1. The standard InChI is InChI=1S/C24H29N2O6PS/c25-21(17-32-33(28,29)30)24(27)26-19-12-13-22(20(16-19)23-11-7-15-34-23)31-14-6-2-5-10-18-8-3-1-4-9-18/h1,3-4,7-9,11-13,15-16,21H,2,5-6,10,14,17,25H2,(H,26,27)(H2,28,29,30)/t21-/m0/s1. The second-order valence-electron chi connectivity index (χ2n) is 7.72. The van der Waals surface area contributed by atoms with E-state index in [4.69, 9.17) is 20.3 Å². The molecule has 182 valence electrons. The number of hydrogen-bond donors (Lipinski definition) is 4. The fourth-order valence-electron chi connectivity index (χ4n) is 3.28. The number of phosphoric ester groups is 1. The first-order valence-corrected chi connectivity index (χ1v) is 13.3. The maximum absolute atomic E-state index is 12.3. The smallest absolute Gasteiger partial charge is 0.469 e. The maximum Gasteiger partial charge on any atom is 0.469 e. The van der Waals surface area contributed by atoms with Crippen LogP contribution in [0.25, 0.3) is 10.4 Å². The minimum absolute atomic E-state index is 0.496. The predicted molar refractivity (Wildman–Crippen MR) is 134 cm³/mol. The van der Waals surface area contributed by atoms with Crippen LogP contribution in [0, 0.1) is 0 Å². The summed E-state index contributed by atoms with van der Waals surface area (Å²) in [4.78, 5) is 30.8. The molecule has 1 amide bonds. The Labute approximate surface area is 203 Å². The lowest BCUT2D eigenvalue weighted by Gasteiger charge is -2.15. The normalized spacial score (nSPS) is 12.3. The summed E-state index contributed by atoms with van der Waals surface area (Å²) in [5.41, 5.74) is 8.36. The number of hydrogen-bond acceptors (Lipinski definition) is 6. The molecule has 0 fully saturated rings. The molecule has 0 aliphatic rings. The zero-order valence-corrected chi connectivity index (χ0v) is 20.3. The summed E-state index contributed by atoms with van der Waals surface area (Å²) >= 11 is 1.56. The summed E-state index contributed by atoms with van der Waals surface area (Å²) < 4.78 is 21.2. The first-order chi connectivity index (χ1) is 16.3. The number of amides is 1. The van der Waals surface area contributed by atoms with Crippen LogP contribution in [0.15, 0.2) is 66.0 Å². The fourth-order valence-corrected chi connectivity index (χ4v) is 4.38. The molecule has 5 N–H and O–H groups in total. The molecule has 10 heteroatoms. The molecule has 0 bridgehead atoms. The molecule has 0 saturated heterocycles. The molecule has 34 heavy (non-hydrogen) atoms. The van der Waals surface area contributed by atoms with Crippen LogP contribution in [0.3, 0.4) is 0 Å². The van der Waals surface area contributed by atoms with Gasteiger partial charge >= 0.3 is 7.82 Å². The lowest BCUT2D eigenvalue weighted by molar-refractivity contribution is -0.118. The Bertz CT molecular complexity index is 1090. The van der Waals surface area contributed by atoms with Crippen LogP contribution in [-0.2, 0) is 20.3 Å². The van der Waals surface area contributed by atoms with Crippen molar-refractivity contribution < 1.29 is 28.4 Å². The molecule has 8 nitrogen and oxygen atoms in total. The summed E-state index contributed by atoms with van der Waals surface area (Å²) in [6, 6.07) is 18.4. The van der Waals surface area contributed by atoms with E-state index in [-0.39, 0.29) is 0 Å². The topological polar surface area (TPSA) is 131 Å². The summed E-state index contributed by atoms with van der Waals surface area (Å²) in [6.45, 7) is -0.0111. The van der Waals surface area contributed by atoms with Gasteiger partial charge in [0, 0.05) is 16.1 Å². The largest absolute Gasteiger partial charge is 0.493 e. The van der Waals surface area contributed by atoms with E-state index >= 15 is 0 Å². The van der Waals surface area contributed by atoms with Crippen LogP contribution in [0.5, 0.6) is 5.75 Å². The molecule has 0 aliphatic heterocycles. The number of rotatable bonds is 13. The molecule has 3 rings (SSSR count). The highest BCUT2D eigenvalue weighted by Gasteiger charge is 2.21. The number of thiophene rings is 1. The van der Waals surface area contributed by atoms with E-state index in [2.05, 4.69) is 34.1 Å². The highest BCUT2D eigenvalue weighted by Crippen LogP contribution is 2.36. The molecule has 1 heterocycles. The minimum atomic E-state index is -4.70. The molecule has 0 radical (unpaired) electrons. The van der Waals surface area contributed by atoms with E-state index in [0.717, 1.165) is 41.9 Å². The first kappa shape index (κ1) is 26.1. The number of nitrogens with one attached hydrogen (secondary N) is 1. The maximum atomic E-state index is 12.3. The number of carbonyl (C=O) groups is 1. The molecule has 0 aliphatic carbocycles. The van der Waals surface area contributed by atoms with Crippen LogP contribution in [-0.4, -0.2) is 34.9 Å². The fraction of sp³-hybridized carbons (Fsp3) is 0.292. The summed E-state index contributed by atoms with van der Waals surface area (Å²) in [7, 11) is -4.70. The molecule has 1 aromatic heterocycles. The molecule has 1 atom stereocenters. The molecular formula is C24H29N2O6PS. The van der Waals surface area contributed by atoms with E-state index in [1.807, 2.05) is 23.6 Å². The van der Waals surface area contributed by atoms with E-state index in [0.29, 0.717) is 12.3 Å². The first-order valence-electron chi connectivity index (χ1n) is 10.9. The number of ether oxygens (including phenoxy) is 1. The van der Waals surface area contributed by atoms with Crippen molar-refractivity contribution in [3.05, 3.63) is 71.6 Å². The summed E-state index contributed by atoms with van der Waals surface area (Å²) in [5, 5.41) is 4.62. The lowest BCUT2D eigenvalue weighted by atomic mass is 10.1. The van der Waals surface area contributed by atoms with E-state index in [1.165, 1.54) is 5.56 Å². The zero-order valence-electron chi connectivity index (χ0n) is 18.6. The number of anilines is 1. The van der Waals surface area contributed by atoms with Crippen LogP contribution in [0.4, 0.5) is 5.69 Å². The van der Waals surface area contributed by atoms with Crippen LogP contribution in [0.1, 0.15) is 24.8 Å². The van der Waals surface area contributed by atoms with Gasteiger partial charge in [-0.1, -0.05) is 36.4 Å². The molecule has 0 saturated carbocycles. The van der Waals surface area contributed by atoms with Gasteiger partial charge in [-0.25, -0.2) is 4.57 Å². The van der Waals surface area contributed by atoms with Gasteiger partial charge in [-0.15, -0.1) is 11.3 Å². The van der Waals surface area contributed by atoms with Crippen molar-refractivity contribution >= 4 is 30.8 Å². The Kier molecular flexibility index (Phi) is 9.83. The van der Waals surface area contributed by atoms with Crippen LogP contribution < -0.4 is 15.8 Å². The van der Waals surface area contributed by atoms with Gasteiger partial charge in [-0.2, -0.15) is 0 Å². The van der Waals surface area contributed by atoms with Crippen molar-refractivity contribution in [2.45, 2.75) is 31.7 Å². The number of nitrogens with two attached hydrogens (primary N) is 1. The van der Waals surface area contributed by atoms with E-state index in [9.17, 15) is 9.36 Å². The van der Waals surface area contributed by atoms with Gasteiger partial charge < -0.3 is 25.6 Å². The molecule has 2 aromatic carbocycles. The predicted octanol–water partition coefficient (Wildman–Crippen LogP) is 4.58. The Hall–Kier alpha value is -2.52. The van der Waals surface area contributed by atoms with Crippen LogP contribution in [0.2, 0.25) is 0 Å². The van der Waals surface area contributed by atoms with Gasteiger partial charge in [0.25, 0.3) is 0 Å². The Morgan fingerprint density at radius 1 is 1.06 bits per heavy atom. The molecule has 0 spiro atoms. The number of unbranched alkanes of at least 4 members (excludes halogenated alkanes) is 2. The average molecular weight is 505 g/mol. The molecule has 0 unspecified atom stereocenters. The van der Waals surface area contributed by atoms with Gasteiger partial charge in [-0.3, -0.25) is 9.32 Å².